The Morgan fingerprint density at radius 1 is 1.54 bits per heavy atom. The molecule has 1 aromatic rings. The second kappa shape index (κ2) is 4.04. The summed E-state index contributed by atoms with van der Waals surface area (Å²) in [5.74, 6) is -0.451. The van der Waals surface area contributed by atoms with E-state index in [0.29, 0.717) is 10.6 Å². The highest BCUT2D eigenvalue weighted by atomic mass is 35.5. The lowest BCUT2D eigenvalue weighted by Gasteiger charge is -2.03. The van der Waals surface area contributed by atoms with Gasteiger partial charge in [-0.1, -0.05) is 23.7 Å². The van der Waals surface area contributed by atoms with Crippen LogP contribution < -0.4 is 5.73 Å². The number of carbonyl (C=O) groups is 1. The number of nitrogens with zero attached hydrogens (tertiary/aromatic N) is 1. The van der Waals surface area contributed by atoms with Crippen LogP contribution in [-0.2, 0) is 0 Å². The number of nitriles is 1. The van der Waals surface area contributed by atoms with Crippen LogP contribution in [-0.4, -0.2) is 11.8 Å². The SMILES string of the molecule is N#CC(N)C(=O)c1ccccc1Cl. The van der Waals surface area contributed by atoms with Crippen molar-refractivity contribution < 1.29 is 4.79 Å². The fourth-order valence-electron chi connectivity index (χ4n) is 0.887. The Balaban J connectivity index is 3.04. The molecule has 0 fully saturated rings. The van der Waals surface area contributed by atoms with Crippen LogP contribution in [0, 0.1) is 11.3 Å². The van der Waals surface area contributed by atoms with Gasteiger partial charge in [0.15, 0.2) is 11.8 Å². The number of rotatable bonds is 2. The largest absolute Gasteiger partial charge is 0.309 e. The zero-order valence-corrected chi connectivity index (χ0v) is 7.45. The average molecular weight is 195 g/mol. The van der Waals surface area contributed by atoms with E-state index in [-0.39, 0.29) is 0 Å². The first kappa shape index (κ1) is 9.72. The lowest BCUT2D eigenvalue weighted by Crippen LogP contribution is -2.28. The van der Waals surface area contributed by atoms with Crippen LogP contribution in [0.4, 0.5) is 0 Å². The summed E-state index contributed by atoms with van der Waals surface area (Å²) in [4.78, 5) is 11.4. The number of Topliss-reactive ketones (excluding diaryl/α,β-unsaturated/α-hetero) is 1. The number of halogens is 1. The Bertz CT molecular complexity index is 370. The van der Waals surface area contributed by atoms with Crippen LogP contribution in [0.5, 0.6) is 0 Å². The van der Waals surface area contributed by atoms with E-state index in [2.05, 4.69) is 0 Å². The minimum Gasteiger partial charge on any atom is -0.309 e. The van der Waals surface area contributed by atoms with E-state index in [1.807, 2.05) is 0 Å². The minimum absolute atomic E-state index is 0.290. The van der Waals surface area contributed by atoms with Crippen molar-refractivity contribution in [2.75, 3.05) is 0 Å². The van der Waals surface area contributed by atoms with E-state index in [1.165, 1.54) is 0 Å². The molecule has 1 rings (SSSR count). The standard InChI is InChI=1S/C9H7ClN2O/c10-7-4-2-1-3-6(7)9(13)8(12)5-11/h1-4,8H,12H2. The maximum atomic E-state index is 11.4. The van der Waals surface area contributed by atoms with Gasteiger partial charge in [0.1, 0.15) is 0 Å². The molecule has 4 heteroatoms. The van der Waals surface area contributed by atoms with E-state index in [0.717, 1.165) is 0 Å². The van der Waals surface area contributed by atoms with E-state index in [4.69, 9.17) is 22.6 Å². The van der Waals surface area contributed by atoms with Gasteiger partial charge in [-0.3, -0.25) is 4.79 Å². The molecular weight excluding hydrogens is 188 g/mol. The van der Waals surface area contributed by atoms with Crippen molar-refractivity contribution >= 4 is 17.4 Å². The van der Waals surface area contributed by atoms with Crippen LogP contribution >= 0.6 is 11.6 Å². The number of carbonyl (C=O) groups excluding carboxylic acids is 1. The molecule has 0 saturated heterocycles. The molecular formula is C9H7ClN2O. The maximum absolute atomic E-state index is 11.4. The molecule has 0 aliphatic rings. The van der Waals surface area contributed by atoms with Crippen LogP contribution in [0.25, 0.3) is 0 Å². The van der Waals surface area contributed by atoms with Gasteiger partial charge in [0.25, 0.3) is 0 Å². The lowest BCUT2D eigenvalue weighted by molar-refractivity contribution is 0.0980. The number of nitrogens with two attached hydrogens (primary N) is 1. The fraction of sp³-hybridized carbons (Fsp3) is 0.111. The van der Waals surface area contributed by atoms with Crippen molar-refractivity contribution in [2.24, 2.45) is 5.73 Å². The Morgan fingerprint density at radius 3 is 2.69 bits per heavy atom. The predicted molar refractivity (Wildman–Crippen MR) is 49.4 cm³/mol. The van der Waals surface area contributed by atoms with Crippen molar-refractivity contribution in [3.8, 4) is 6.07 Å². The first-order valence-corrected chi connectivity index (χ1v) is 3.98. The number of ketones is 1. The van der Waals surface area contributed by atoms with E-state index < -0.39 is 11.8 Å². The first-order chi connectivity index (χ1) is 6.16. The molecule has 0 amide bonds. The quantitative estimate of drug-likeness (QED) is 0.724. The number of hydrogen-bond acceptors (Lipinski definition) is 3. The van der Waals surface area contributed by atoms with Gasteiger partial charge >= 0.3 is 0 Å². The van der Waals surface area contributed by atoms with Crippen molar-refractivity contribution in [3.63, 3.8) is 0 Å². The highest BCUT2D eigenvalue weighted by Gasteiger charge is 2.16. The van der Waals surface area contributed by atoms with Crippen molar-refractivity contribution in [1.82, 2.24) is 0 Å². The van der Waals surface area contributed by atoms with Crippen LogP contribution in [0.3, 0.4) is 0 Å². The van der Waals surface area contributed by atoms with Gasteiger partial charge in [0.2, 0.25) is 0 Å². The molecule has 0 radical (unpaired) electrons. The molecule has 0 heterocycles. The summed E-state index contributed by atoms with van der Waals surface area (Å²) in [5.41, 5.74) is 5.54. The monoisotopic (exact) mass is 194 g/mol. The highest BCUT2D eigenvalue weighted by molar-refractivity contribution is 6.34. The van der Waals surface area contributed by atoms with E-state index in [1.54, 1.807) is 30.3 Å². The Hall–Kier alpha value is -1.37. The zero-order valence-electron chi connectivity index (χ0n) is 6.70. The molecule has 0 aliphatic carbocycles. The molecule has 0 aliphatic heterocycles. The summed E-state index contributed by atoms with van der Waals surface area (Å²) in [6.45, 7) is 0. The van der Waals surface area contributed by atoms with Crippen LogP contribution in [0.15, 0.2) is 24.3 Å². The van der Waals surface area contributed by atoms with Gasteiger partial charge in [-0.05, 0) is 12.1 Å². The topological polar surface area (TPSA) is 66.9 Å². The lowest BCUT2D eigenvalue weighted by atomic mass is 10.1. The second-order valence-electron chi connectivity index (χ2n) is 2.45. The van der Waals surface area contributed by atoms with Crippen molar-refractivity contribution in [2.45, 2.75) is 6.04 Å². The van der Waals surface area contributed by atoms with E-state index in [9.17, 15) is 4.79 Å². The van der Waals surface area contributed by atoms with Gasteiger partial charge in [-0.25, -0.2) is 0 Å². The molecule has 0 aromatic heterocycles. The third-order valence-corrected chi connectivity index (χ3v) is 1.89. The van der Waals surface area contributed by atoms with Gasteiger partial charge in [-0.15, -0.1) is 0 Å². The summed E-state index contributed by atoms with van der Waals surface area (Å²) >= 11 is 5.73. The Labute approximate surface area is 80.7 Å². The smallest absolute Gasteiger partial charge is 0.195 e. The fourth-order valence-corrected chi connectivity index (χ4v) is 1.12. The third kappa shape index (κ3) is 2.05. The Morgan fingerprint density at radius 2 is 2.15 bits per heavy atom. The summed E-state index contributed by atoms with van der Waals surface area (Å²) in [6, 6.07) is 7.02. The average Bonchev–Trinajstić information content (AvgIpc) is 2.16. The van der Waals surface area contributed by atoms with Gasteiger partial charge in [-0.2, -0.15) is 5.26 Å². The molecule has 0 spiro atoms. The van der Waals surface area contributed by atoms with Crippen LogP contribution in [0.2, 0.25) is 5.02 Å². The molecule has 13 heavy (non-hydrogen) atoms. The molecule has 3 nitrogen and oxygen atoms in total. The zero-order chi connectivity index (χ0) is 9.84. The molecule has 66 valence electrons. The highest BCUT2D eigenvalue weighted by Crippen LogP contribution is 2.15. The van der Waals surface area contributed by atoms with E-state index >= 15 is 0 Å². The molecule has 2 N–H and O–H groups in total. The molecule has 1 aromatic carbocycles. The number of benzene rings is 1. The molecule has 0 saturated carbocycles. The summed E-state index contributed by atoms with van der Waals surface area (Å²) < 4.78 is 0. The van der Waals surface area contributed by atoms with Crippen LogP contribution in [0.1, 0.15) is 10.4 Å². The molecule has 1 unspecified atom stereocenters. The minimum atomic E-state index is -1.14. The molecule has 0 bridgehead atoms. The second-order valence-corrected chi connectivity index (χ2v) is 2.86. The normalized spacial score (nSPS) is 11.8. The first-order valence-electron chi connectivity index (χ1n) is 3.60. The van der Waals surface area contributed by atoms with Gasteiger partial charge in [0.05, 0.1) is 11.1 Å². The summed E-state index contributed by atoms with van der Waals surface area (Å²) in [5, 5.41) is 8.74. The third-order valence-electron chi connectivity index (χ3n) is 1.56. The van der Waals surface area contributed by atoms with Gasteiger partial charge < -0.3 is 5.73 Å². The predicted octanol–water partition coefficient (Wildman–Crippen LogP) is 1.37. The summed E-state index contributed by atoms with van der Waals surface area (Å²) in [7, 11) is 0. The number of hydrogen-bond donors (Lipinski definition) is 1. The van der Waals surface area contributed by atoms with Crippen molar-refractivity contribution in [3.05, 3.63) is 34.9 Å². The maximum Gasteiger partial charge on any atom is 0.195 e. The molecule has 1 atom stereocenters. The van der Waals surface area contributed by atoms with Crippen molar-refractivity contribution in [1.29, 1.82) is 5.26 Å². The Kier molecular flexibility index (Phi) is 3.02. The van der Waals surface area contributed by atoms with Gasteiger partial charge in [0, 0.05) is 5.56 Å². The summed E-state index contributed by atoms with van der Waals surface area (Å²) in [6.07, 6.45) is 0.